The Morgan fingerprint density at radius 3 is 2.43 bits per heavy atom. The molecule has 1 radical (unpaired) electrons. The van der Waals surface area contributed by atoms with Crippen LogP contribution in [0.2, 0.25) is 0 Å². The molecule has 0 spiro atoms. The normalized spacial score (nSPS) is 14.1. The largest absolute Gasteiger partial charge is 0.395 e. The molecule has 3 heteroatoms. The van der Waals surface area contributed by atoms with E-state index in [1.807, 2.05) is 0 Å². The second-order valence-electron chi connectivity index (χ2n) is 1.19. The molecule has 0 aliphatic rings. The lowest BCUT2D eigenvalue weighted by Gasteiger charge is -2.02. The maximum Gasteiger partial charge on any atom is 0.105 e. The molecule has 0 aromatic heterocycles. The Balaban J connectivity index is 2.68. The van der Waals surface area contributed by atoms with Crippen molar-refractivity contribution in [3.8, 4) is 0 Å². The summed E-state index contributed by atoms with van der Waals surface area (Å²) in [7, 11) is 0. The molecule has 0 rings (SSSR count). The average molecular weight is 104 g/mol. The Kier molecular flexibility index (Phi) is 3.98. The molecule has 0 saturated heterocycles. The monoisotopic (exact) mass is 104 g/mol. The summed E-state index contributed by atoms with van der Waals surface area (Å²) in [5, 5.41) is 19.0. The first-order valence-corrected chi connectivity index (χ1v) is 2.12. The fraction of sp³-hybridized carbons (Fsp3) is 0.750. The van der Waals surface area contributed by atoms with Crippen LogP contribution < -0.4 is 5.32 Å². The van der Waals surface area contributed by atoms with Crippen LogP contribution in [0, 0.1) is 6.92 Å². The van der Waals surface area contributed by atoms with Crippen molar-refractivity contribution in [2.45, 2.75) is 6.23 Å². The third-order valence-electron chi connectivity index (χ3n) is 0.492. The number of rotatable bonds is 3. The third-order valence-corrected chi connectivity index (χ3v) is 0.492. The number of aliphatic hydroxyl groups excluding tert-OH is 2. The van der Waals surface area contributed by atoms with E-state index in [0.717, 1.165) is 0 Å². The van der Waals surface area contributed by atoms with Crippen LogP contribution in [0.1, 0.15) is 0 Å². The zero-order valence-electron chi connectivity index (χ0n) is 4.09. The molecule has 7 heavy (non-hydrogen) atoms. The minimum atomic E-state index is -0.757. The molecule has 3 nitrogen and oxygen atoms in total. The minimum absolute atomic E-state index is 0.0343. The lowest BCUT2D eigenvalue weighted by Crippen LogP contribution is -2.28. The highest BCUT2D eigenvalue weighted by molar-refractivity contribution is 4.51. The van der Waals surface area contributed by atoms with Crippen LogP contribution in [0.3, 0.4) is 0 Å². The van der Waals surface area contributed by atoms with Gasteiger partial charge < -0.3 is 10.2 Å². The molecule has 0 amide bonds. The standard InChI is InChI=1S/C4H10NO2/c1-4(7)5-2-3-6/h4-7H,1-3H2. The van der Waals surface area contributed by atoms with E-state index < -0.39 is 6.23 Å². The van der Waals surface area contributed by atoms with Gasteiger partial charge in [0.05, 0.1) is 6.61 Å². The number of hydrogen-bond donors (Lipinski definition) is 3. The van der Waals surface area contributed by atoms with Gasteiger partial charge in [-0.3, -0.25) is 5.32 Å². The smallest absolute Gasteiger partial charge is 0.105 e. The molecule has 0 aromatic carbocycles. The summed E-state index contributed by atoms with van der Waals surface area (Å²) in [5.74, 6) is 0. The van der Waals surface area contributed by atoms with Crippen LogP contribution in [0.5, 0.6) is 0 Å². The Hall–Kier alpha value is -0.120. The number of aliphatic hydroxyl groups is 2. The molecule has 0 saturated carbocycles. The van der Waals surface area contributed by atoms with Crippen molar-refractivity contribution in [3.63, 3.8) is 0 Å². The second-order valence-corrected chi connectivity index (χ2v) is 1.19. The summed E-state index contributed by atoms with van der Waals surface area (Å²) in [4.78, 5) is 0. The molecule has 0 aliphatic heterocycles. The molecule has 0 aromatic rings. The molecule has 0 bridgehead atoms. The fourth-order valence-electron chi connectivity index (χ4n) is 0.231. The predicted octanol–water partition coefficient (Wildman–Crippen LogP) is -1.28. The molecule has 1 unspecified atom stereocenters. The number of hydrogen-bond acceptors (Lipinski definition) is 3. The highest BCUT2D eigenvalue weighted by Crippen LogP contribution is 1.65. The molecule has 0 aliphatic carbocycles. The SMILES string of the molecule is [CH2]C(O)NCCO. The summed E-state index contributed by atoms with van der Waals surface area (Å²) < 4.78 is 0. The van der Waals surface area contributed by atoms with Crippen LogP contribution in [0.25, 0.3) is 0 Å². The summed E-state index contributed by atoms with van der Waals surface area (Å²) in [5.41, 5.74) is 0. The maximum atomic E-state index is 8.35. The summed E-state index contributed by atoms with van der Waals surface area (Å²) in [6, 6.07) is 0. The van der Waals surface area contributed by atoms with Gasteiger partial charge in [-0.25, -0.2) is 0 Å². The van der Waals surface area contributed by atoms with Crippen molar-refractivity contribution in [2.24, 2.45) is 0 Å². The minimum Gasteiger partial charge on any atom is -0.395 e. The van der Waals surface area contributed by atoms with Gasteiger partial charge >= 0.3 is 0 Å². The molecular weight excluding hydrogens is 94.0 g/mol. The van der Waals surface area contributed by atoms with Crippen molar-refractivity contribution in [2.75, 3.05) is 13.2 Å². The second kappa shape index (κ2) is 4.05. The third kappa shape index (κ3) is 5.88. The van der Waals surface area contributed by atoms with Crippen LogP contribution >= 0.6 is 0 Å². The lowest BCUT2D eigenvalue weighted by atomic mass is 10.6. The predicted molar refractivity (Wildman–Crippen MR) is 26.5 cm³/mol. The van der Waals surface area contributed by atoms with Gasteiger partial charge in [0, 0.05) is 6.54 Å². The van der Waals surface area contributed by atoms with E-state index in [1.54, 1.807) is 0 Å². The Bertz CT molecular complexity index is 38.7. The fourth-order valence-corrected chi connectivity index (χ4v) is 0.231. The van der Waals surface area contributed by atoms with Crippen molar-refractivity contribution < 1.29 is 10.2 Å². The summed E-state index contributed by atoms with van der Waals surface area (Å²) in [6.45, 7) is 3.64. The summed E-state index contributed by atoms with van der Waals surface area (Å²) >= 11 is 0. The van der Waals surface area contributed by atoms with Crippen LogP contribution in [0.15, 0.2) is 0 Å². The zero-order valence-corrected chi connectivity index (χ0v) is 4.09. The van der Waals surface area contributed by atoms with Crippen molar-refractivity contribution in [3.05, 3.63) is 6.92 Å². The van der Waals surface area contributed by atoms with Crippen molar-refractivity contribution in [1.29, 1.82) is 0 Å². The summed E-state index contributed by atoms with van der Waals surface area (Å²) in [6.07, 6.45) is -0.757. The number of nitrogens with one attached hydrogen (secondary N) is 1. The van der Waals surface area contributed by atoms with E-state index in [2.05, 4.69) is 12.2 Å². The van der Waals surface area contributed by atoms with Crippen molar-refractivity contribution in [1.82, 2.24) is 5.32 Å². The van der Waals surface area contributed by atoms with E-state index in [1.165, 1.54) is 0 Å². The highest BCUT2D eigenvalue weighted by Gasteiger charge is 1.87. The van der Waals surface area contributed by atoms with E-state index in [-0.39, 0.29) is 6.61 Å². The first kappa shape index (κ1) is 6.88. The van der Waals surface area contributed by atoms with E-state index in [4.69, 9.17) is 10.2 Å². The Morgan fingerprint density at radius 1 is 1.71 bits per heavy atom. The van der Waals surface area contributed by atoms with E-state index >= 15 is 0 Å². The average Bonchev–Trinajstić information content (AvgIpc) is 1.61. The van der Waals surface area contributed by atoms with E-state index in [0.29, 0.717) is 6.54 Å². The molecule has 1 atom stereocenters. The van der Waals surface area contributed by atoms with Crippen molar-refractivity contribution >= 4 is 0 Å². The van der Waals surface area contributed by atoms with Gasteiger partial charge in [0.15, 0.2) is 0 Å². The topological polar surface area (TPSA) is 52.5 Å². The zero-order chi connectivity index (χ0) is 5.70. The van der Waals surface area contributed by atoms with Gasteiger partial charge in [-0.1, -0.05) is 0 Å². The Morgan fingerprint density at radius 2 is 2.29 bits per heavy atom. The van der Waals surface area contributed by atoms with Gasteiger partial charge in [-0.05, 0) is 6.92 Å². The quantitative estimate of drug-likeness (QED) is 0.391. The van der Waals surface area contributed by atoms with Gasteiger partial charge in [-0.2, -0.15) is 0 Å². The molecule has 43 valence electrons. The lowest BCUT2D eigenvalue weighted by molar-refractivity contribution is 0.168. The molecule has 0 fully saturated rings. The Labute approximate surface area is 43.0 Å². The van der Waals surface area contributed by atoms with Gasteiger partial charge in [0.1, 0.15) is 6.23 Å². The maximum absolute atomic E-state index is 8.35. The molecular formula is C4H10NO2. The first-order valence-electron chi connectivity index (χ1n) is 2.12. The molecule has 3 N–H and O–H groups in total. The molecule has 0 heterocycles. The van der Waals surface area contributed by atoms with Gasteiger partial charge in [0.25, 0.3) is 0 Å². The highest BCUT2D eigenvalue weighted by atomic mass is 16.3. The first-order chi connectivity index (χ1) is 3.27. The van der Waals surface area contributed by atoms with E-state index in [9.17, 15) is 0 Å². The van der Waals surface area contributed by atoms with Crippen LogP contribution in [-0.4, -0.2) is 29.6 Å². The van der Waals surface area contributed by atoms with Gasteiger partial charge in [-0.15, -0.1) is 0 Å². The van der Waals surface area contributed by atoms with Crippen LogP contribution in [0.4, 0.5) is 0 Å². The van der Waals surface area contributed by atoms with Crippen LogP contribution in [-0.2, 0) is 0 Å². The van der Waals surface area contributed by atoms with Gasteiger partial charge in [0.2, 0.25) is 0 Å².